The zero-order valence-electron chi connectivity index (χ0n) is 12.4. The summed E-state index contributed by atoms with van der Waals surface area (Å²) in [6, 6.07) is 0. The second kappa shape index (κ2) is 7.91. The molecule has 7 heteroatoms. The van der Waals surface area contributed by atoms with E-state index >= 15 is 0 Å². The van der Waals surface area contributed by atoms with Crippen LogP contribution in [0.4, 0.5) is 0 Å². The van der Waals surface area contributed by atoms with E-state index in [0.717, 1.165) is 18.8 Å². The van der Waals surface area contributed by atoms with Gasteiger partial charge in [0.15, 0.2) is 0 Å². The number of nitrogens with one attached hydrogen (secondary N) is 1. The number of hydrogen-bond donors (Lipinski definition) is 2. The summed E-state index contributed by atoms with van der Waals surface area (Å²) in [5.41, 5.74) is 0. The predicted octanol–water partition coefficient (Wildman–Crippen LogP) is 1.51. The molecule has 1 saturated carbocycles. The van der Waals surface area contributed by atoms with Crippen LogP contribution in [0.1, 0.15) is 44.9 Å². The van der Waals surface area contributed by atoms with Crippen LogP contribution in [0.15, 0.2) is 17.3 Å². The van der Waals surface area contributed by atoms with Crippen molar-refractivity contribution in [3.8, 4) is 0 Å². The van der Waals surface area contributed by atoms with Gasteiger partial charge in [-0.2, -0.15) is 5.10 Å². The molecule has 120 valence electrons. The lowest BCUT2D eigenvalue weighted by Crippen LogP contribution is -2.24. The molecule has 21 heavy (non-hydrogen) atoms. The van der Waals surface area contributed by atoms with Crippen LogP contribution in [0.3, 0.4) is 0 Å². The Morgan fingerprint density at radius 3 is 2.81 bits per heavy atom. The lowest BCUT2D eigenvalue weighted by molar-refractivity contribution is 0.277. The van der Waals surface area contributed by atoms with Crippen LogP contribution in [0.5, 0.6) is 0 Å². The topological polar surface area (TPSA) is 84.2 Å². The summed E-state index contributed by atoms with van der Waals surface area (Å²) in [6.45, 7) is 1.08. The van der Waals surface area contributed by atoms with E-state index in [1.54, 1.807) is 4.68 Å². The number of hydrogen-bond acceptors (Lipinski definition) is 4. The average Bonchev–Trinajstić information content (AvgIpc) is 3.13. The van der Waals surface area contributed by atoms with Crippen LogP contribution in [0.2, 0.25) is 0 Å². The molecule has 0 saturated heterocycles. The maximum absolute atomic E-state index is 12.1. The Kier molecular flexibility index (Phi) is 6.20. The summed E-state index contributed by atoms with van der Waals surface area (Å²) < 4.78 is 28.4. The first kappa shape index (κ1) is 16.5. The molecule has 2 N–H and O–H groups in total. The molecule has 0 aromatic carbocycles. The summed E-state index contributed by atoms with van der Waals surface area (Å²) >= 11 is 0. The minimum atomic E-state index is -3.46. The van der Waals surface area contributed by atoms with Gasteiger partial charge in [-0.15, -0.1) is 0 Å². The highest BCUT2D eigenvalue weighted by Gasteiger charge is 2.17. The number of aliphatic hydroxyl groups is 1. The van der Waals surface area contributed by atoms with E-state index in [0.29, 0.717) is 19.5 Å². The molecule has 1 aromatic rings. The Balaban J connectivity index is 1.76. The largest absolute Gasteiger partial charge is 0.396 e. The number of aromatic nitrogens is 2. The van der Waals surface area contributed by atoms with Gasteiger partial charge in [-0.05, 0) is 25.2 Å². The number of nitrogens with zero attached hydrogens (tertiary/aromatic N) is 2. The normalized spacial score (nSPS) is 16.6. The van der Waals surface area contributed by atoms with E-state index < -0.39 is 10.0 Å². The predicted molar refractivity (Wildman–Crippen MR) is 80.3 cm³/mol. The van der Waals surface area contributed by atoms with Crippen molar-refractivity contribution in [3.63, 3.8) is 0 Å². The fourth-order valence-electron chi connectivity index (χ4n) is 2.82. The molecule has 1 aliphatic rings. The molecule has 0 amide bonds. The van der Waals surface area contributed by atoms with E-state index in [1.807, 2.05) is 0 Å². The third kappa shape index (κ3) is 5.09. The van der Waals surface area contributed by atoms with E-state index in [4.69, 9.17) is 5.11 Å². The smallest absolute Gasteiger partial charge is 0.243 e. The summed E-state index contributed by atoms with van der Waals surface area (Å²) in [4.78, 5) is 0.196. The summed E-state index contributed by atoms with van der Waals surface area (Å²) in [6.07, 6.45) is 10.7. The SMILES string of the molecule is O=S(=O)(NCCCC1CCCC1)c1cnn(CCCO)c1. The van der Waals surface area contributed by atoms with Gasteiger partial charge in [0.25, 0.3) is 0 Å². The third-order valence-corrected chi connectivity index (χ3v) is 5.44. The van der Waals surface area contributed by atoms with Crippen LogP contribution in [-0.2, 0) is 16.6 Å². The second-order valence-corrected chi connectivity index (χ2v) is 7.47. The number of sulfonamides is 1. The summed E-state index contributed by atoms with van der Waals surface area (Å²) in [5, 5.41) is 12.8. The lowest BCUT2D eigenvalue weighted by atomic mass is 10.0. The van der Waals surface area contributed by atoms with Gasteiger partial charge in [0.05, 0.1) is 6.20 Å². The number of aryl methyl sites for hydroxylation is 1. The minimum absolute atomic E-state index is 0.0708. The van der Waals surface area contributed by atoms with Crippen molar-refractivity contribution < 1.29 is 13.5 Å². The van der Waals surface area contributed by atoms with E-state index in [-0.39, 0.29) is 11.5 Å². The Morgan fingerprint density at radius 1 is 1.33 bits per heavy atom. The van der Waals surface area contributed by atoms with Crippen LogP contribution in [0, 0.1) is 5.92 Å². The highest BCUT2D eigenvalue weighted by molar-refractivity contribution is 7.89. The fraction of sp³-hybridized carbons (Fsp3) is 0.786. The van der Waals surface area contributed by atoms with Crippen LogP contribution >= 0.6 is 0 Å². The molecular weight excluding hydrogens is 290 g/mol. The van der Waals surface area contributed by atoms with Gasteiger partial charge >= 0.3 is 0 Å². The van der Waals surface area contributed by atoms with Crippen molar-refractivity contribution >= 4 is 10.0 Å². The first-order valence-corrected chi connectivity index (χ1v) is 9.23. The molecule has 0 aliphatic heterocycles. The Morgan fingerprint density at radius 2 is 2.10 bits per heavy atom. The molecule has 1 heterocycles. The van der Waals surface area contributed by atoms with Gasteiger partial charge in [0, 0.05) is 25.9 Å². The van der Waals surface area contributed by atoms with Crippen molar-refractivity contribution in [1.82, 2.24) is 14.5 Å². The van der Waals surface area contributed by atoms with Gasteiger partial charge in [0.1, 0.15) is 4.90 Å². The zero-order valence-corrected chi connectivity index (χ0v) is 13.2. The lowest BCUT2D eigenvalue weighted by Gasteiger charge is -2.09. The van der Waals surface area contributed by atoms with E-state index in [9.17, 15) is 8.42 Å². The molecule has 1 aromatic heterocycles. The Bertz CT molecular complexity index is 521. The highest BCUT2D eigenvalue weighted by atomic mass is 32.2. The summed E-state index contributed by atoms with van der Waals surface area (Å²) in [5.74, 6) is 0.788. The molecule has 0 atom stereocenters. The first-order valence-electron chi connectivity index (χ1n) is 7.75. The molecule has 0 spiro atoms. The maximum Gasteiger partial charge on any atom is 0.243 e. The van der Waals surface area contributed by atoms with Gasteiger partial charge in [-0.3, -0.25) is 4.68 Å². The van der Waals surface area contributed by atoms with Crippen LogP contribution in [-0.4, -0.2) is 36.5 Å². The molecule has 0 bridgehead atoms. The van der Waals surface area contributed by atoms with Crippen molar-refractivity contribution in [2.75, 3.05) is 13.2 Å². The monoisotopic (exact) mass is 315 g/mol. The van der Waals surface area contributed by atoms with Gasteiger partial charge in [-0.25, -0.2) is 13.1 Å². The number of aliphatic hydroxyl groups excluding tert-OH is 1. The van der Waals surface area contributed by atoms with Crippen molar-refractivity contribution in [2.24, 2.45) is 5.92 Å². The van der Waals surface area contributed by atoms with Gasteiger partial charge in [-0.1, -0.05) is 25.7 Å². The zero-order chi connectivity index (χ0) is 15.1. The first-order chi connectivity index (χ1) is 10.1. The van der Waals surface area contributed by atoms with Crippen LogP contribution in [0.25, 0.3) is 0 Å². The van der Waals surface area contributed by atoms with Crippen molar-refractivity contribution in [1.29, 1.82) is 0 Å². The van der Waals surface area contributed by atoms with Gasteiger partial charge < -0.3 is 5.11 Å². The molecule has 2 rings (SSSR count). The molecule has 0 radical (unpaired) electrons. The fourth-order valence-corrected chi connectivity index (χ4v) is 3.84. The molecule has 6 nitrogen and oxygen atoms in total. The second-order valence-electron chi connectivity index (χ2n) is 5.71. The maximum atomic E-state index is 12.1. The molecule has 0 unspecified atom stereocenters. The highest BCUT2D eigenvalue weighted by Crippen LogP contribution is 2.28. The summed E-state index contributed by atoms with van der Waals surface area (Å²) in [7, 11) is -3.46. The standard InChI is InChI=1S/C14H25N3O3S/c18-10-4-9-17-12-14(11-15-17)21(19,20)16-8-3-7-13-5-1-2-6-13/h11-13,16,18H,1-10H2. The minimum Gasteiger partial charge on any atom is -0.396 e. The Hall–Kier alpha value is -0.920. The van der Waals surface area contributed by atoms with Crippen molar-refractivity contribution in [2.45, 2.75) is 56.4 Å². The molecule has 1 aliphatic carbocycles. The van der Waals surface area contributed by atoms with Crippen LogP contribution < -0.4 is 4.72 Å². The molecular formula is C14H25N3O3S. The quantitative estimate of drug-likeness (QED) is 0.677. The molecule has 1 fully saturated rings. The van der Waals surface area contributed by atoms with E-state index in [1.165, 1.54) is 38.1 Å². The third-order valence-electron chi connectivity index (χ3n) is 4.02. The van der Waals surface area contributed by atoms with Gasteiger partial charge in [0.2, 0.25) is 10.0 Å². The Labute approximate surface area is 126 Å². The average molecular weight is 315 g/mol. The van der Waals surface area contributed by atoms with E-state index in [2.05, 4.69) is 9.82 Å². The van der Waals surface area contributed by atoms with Crippen molar-refractivity contribution in [3.05, 3.63) is 12.4 Å². The number of rotatable bonds is 9.